The van der Waals surface area contributed by atoms with E-state index in [4.69, 9.17) is 11.5 Å². The highest BCUT2D eigenvalue weighted by molar-refractivity contribution is 5.89. The molecule has 0 radical (unpaired) electrons. The highest BCUT2D eigenvalue weighted by Gasteiger charge is 2.32. The van der Waals surface area contributed by atoms with Crippen LogP contribution in [0.2, 0.25) is 0 Å². The lowest BCUT2D eigenvalue weighted by molar-refractivity contribution is -0.137. The van der Waals surface area contributed by atoms with E-state index in [1.807, 2.05) is 6.07 Å². The van der Waals surface area contributed by atoms with Gasteiger partial charge < -0.3 is 21.3 Å². The number of amides is 3. The van der Waals surface area contributed by atoms with Crippen LogP contribution in [0, 0.1) is 0 Å². The Balaban J connectivity index is 0.00000353. The second-order valence-electron chi connectivity index (χ2n) is 11.3. The van der Waals surface area contributed by atoms with E-state index < -0.39 is 11.2 Å². The van der Waals surface area contributed by atoms with E-state index in [2.05, 4.69) is 27.3 Å². The topological polar surface area (TPSA) is 143 Å². The zero-order valence-electron chi connectivity index (χ0n) is 22.6. The van der Waals surface area contributed by atoms with Crippen molar-refractivity contribution in [2.24, 2.45) is 11.5 Å². The van der Waals surface area contributed by atoms with Crippen molar-refractivity contribution in [2.45, 2.75) is 70.2 Å². The summed E-state index contributed by atoms with van der Waals surface area (Å²) in [4.78, 5) is 47.9. The van der Waals surface area contributed by atoms with Crippen molar-refractivity contribution in [1.29, 1.82) is 0 Å². The van der Waals surface area contributed by atoms with Gasteiger partial charge >= 0.3 is 11.7 Å². The fourth-order valence-corrected chi connectivity index (χ4v) is 5.66. The fourth-order valence-electron chi connectivity index (χ4n) is 5.66. The first-order chi connectivity index (χ1) is 18.1. The van der Waals surface area contributed by atoms with Gasteiger partial charge in [-0.2, -0.15) is 4.98 Å². The molecule has 2 aromatic rings. The maximum atomic E-state index is 12.9. The van der Waals surface area contributed by atoms with Gasteiger partial charge in [-0.3, -0.25) is 19.6 Å². The standard InChI is InChI=1S/C27H38N8O3.ClH/c1-27(2,29)24(36)32-11-13-33(14-12-32)25(37)30-23-9-10-35(26(38)31-23)22-6-3-18-16-34(17-19(18)15-22)21-7-4-20(28)5-8-21;/h3,6,9-10,15,20-21H,4-5,7-8,11-14,16-17,28-29H2,1-2H3,(H,30,31,37,38);1H. The van der Waals surface area contributed by atoms with Crippen LogP contribution >= 0.6 is 12.4 Å². The molecule has 0 unspecified atom stereocenters. The Morgan fingerprint density at radius 3 is 2.26 bits per heavy atom. The van der Waals surface area contributed by atoms with Crippen LogP contribution in [-0.4, -0.2) is 80.0 Å². The van der Waals surface area contributed by atoms with Crippen LogP contribution in [-0.2, 0) is 17.9 Å². The number of nitrogens with two attached hydrogens (primary N) is 2. The van der Waals surface area contributed by atoms with Crippen LogP contribution in [0.25, 0.3) is 5.69 Å². The van der Waals surface area contributed by atoms with E-state index in [-0.39, 0.29) is 30.2 Å². The number of piperazine rings is 1. The third-order valence-corrected chi connectivity index (χ3v) is 7.92. The number of urea groups is 1. The van der Waals surface area contributed by atoms with Crippen molar-refractivity contribution in [3.8, 4) is 5.69 Å². The van der Waals surface area contributed by atoms with E-state index >= 15 is 0 Å². The third-order valence-electron chi connectivity index (χ3n) is 7.92. The smallest absolute Gasteiger partial charge is 0.338 e. The van der Waals surface area contributed by atoms with E-state index in [0.29, 0.717) is 38.3 Å². The van der Waals surface area contributed by atoms with Crippen molar-refractivity contribution >= 4 is 30.2 Å². The first kappa shape index (κ1) is 29.0. The number of rotatable bonds is 4. The lowest BCUT2D eigenvalue weighted by Crippen LogP contribution is -2.58. The Hall–Kier alpha value is -2.99. The van der Waals surface area contributed by atoms with Gasteiger partial charge in [-0.15, -0.1) is 12.4 Å². The lowest BCUT2D eigenvalue weighted by Gasteiger charge is -2.37. The summed E-state index contributed by atoms with van der Waals surface area (Å²) in [5.74, 6) is 0.0570. The molecule has 0 bridgehead atoms. The number of fused-ring (bicyclic) bond motifs is 1. The van der Waals surface area contributed by atoms with Crippen LogP contribution in [0.15, 0.2) is 35.3 Å². The number of anilines is 1. The normalized spacial score (nSPS) is 21.7. The average Bonchev–Trinajstić information content (AvgIpc) is 3.32. The number of benzene rings is 1. The summed E-state index contributed by atoms with van der Waals surface area (Å²) < 4.78 is 1.50. The molecule has 212 valence electrons. The molecule has 2 aliphatic heterocycles. The van der Waals surface area contributed by atoms with Crippen molar-refractivity contribution in [3.63, 3.8) is 0 Å². The van der Waals surface area contributed by atoms with Crippen molar-refractivity contribution < 1.29 is 9.59 Å². The van der Waals surface area contributed by atoms with Gasteiger partial charge in [0.25, 0.3) is 0 Å². The van der Waals surface area contributed by atoms with Crippen LogP contribution in [0.5, 0.6) is 0 Å². The predicted octanol–water partition coefficient (Wildman–Crippen LogP) is 1.65. The lowest BCUT2D eigenvalue weighted by atomic mass is 9.91. The van der Waals surface area contributed by atoms with Gasteiger partial charge in [-0.25, -0.2) is 9.59 Å². The van der Waals surface area contributed by atoms with E-state index in [0.717, 1.165) is 44.5 Å². The Morgan fingerprint density at radius 1 is 0.974 bits per heavy atom. The summed E-state index contributed by atoms with van der Waals surface area (Å²) in [5, 5.41) is 2.71. The molecule has 3 aliphatic rings. The zero-order valence-corrected chi connectivity index (χ0v) is 23.5. The molecule has 1 aromatic heterocycles. The summed E-state index contributed by atoms with van der Waals surface area (Å²) in [6.07, 6.45) is 6.07. The predicted molar refractivity (Wildman–Crippen MR) is 152 cm³/mol. The Bertz CT molecular complexity index is 1260. The number of carbonyl (C=O) groups is 2. The number of aromatic nitrogens is 2. The van der Waals surface area contributed by atoms with Gasteiger partial charge in [0.05, 0.1) is 11.2 Å². The molecule has 0 spiro atoms. The second kappa shape index (κ2) is 11.6. The number of nitrogens with zero attached hydrogens (tertiary/aromatic N) is 5. The summed E-state index contributed by atoms with van der Waals surface area (Å²) in [6, 6.07) is 8.28. The molecule has 3 heterocycles. The fraction of sp³-hybridized carbons (Fsp3) is 0.556. The number of hydrogen-bond acceptors (Lipinski definition) is 7. The molecule has 1 aromatic carbocycles. The first-order valence-corrected chi connectivity index (χ1v) is 13.4. The van der Waals surface area contributed by atoms with E-state index in [1.54, 1.807) is 35.9 Å². The Labute approximate surface area is 234 Å². The maximum Gasteiger partial charge on any atom is 0.354 e. The van der Waals surface area contributed by atoms with Crippen molar-refractivity contribution in [1.82, 2.24) is 24.3 Å². The SMILES string of the molecule is CC(C)(N)C(=O)N1CCN(C(=O)Nc2ccn(-c3ccc4c(c3)CN(C3CCC(N)CC3)C4)c(=O)n2)CC1.Cl. The second-order valence-corrected chi connectivity index (χ2v) is 11.3. The molecule has 1 saturated carbocycles. The van der Waals surface area contributed by atoms with Crippen LogP contribution in [0.1, 0.15) is 50.7 Å². The Kier molecular flexibility index (Phi) is 8.65. The van der Waals surface area contributed by atoms with Crippen molar-refractivity contribution in [2.75, 3.05) is 31.5 Å². The van der Waals surface area contributed by atoms with Gasteiger partial charge in [-0.05, 0) is 68.9 Å². The van der Waals surface area contributed by atoms with Gasteiger partial charge in [-0.1, -0.05) is 6.07 Å². The minimum atomic E-state index is -0.944. The molecular formula is C27H39ClN8O3. The molecular weight excluding hydrogens is 520 g/mol. The highest BCUT2D eigenvalue weighted by atomic mass is 35.5. The summed E-state index contributed by atoms with van der Waals surface area (Å²) in [7, 11) is 0. The monoisotopic (exact) mass is 558 g/mol. The number of carbonyl (C=O) groups excluding carboxylic acids is 2. The average molecular weight is 559 g/mol. The molecule has 11 nitrogen and oxygen atoms in total. The van der Waals surface area contributed by atoms with Gasteiger partial charge in [0.15, 0.2) is 0 Å². The third kappa shape index (κ3) is 6.43. The molecule has 3 amide bonds. The molecule has 12 heteroatoms. The number of nitrogens with one attached hydrogen (secondary N) is 1. The van der Waals surface area contributed by atoms with Gasteiger partial charge in [0, 0.05) is 57.5 Å². The summed E-state index contributed by atoms with van der Waals surface area (Å²) in [5.41, 5.74) is 13.9. The first-order valence-electron chi connectivity index (χ1n) is 13.4. The van der Waals surface area contributed by atoms with Crippen LogP contribution in [0.3, 0.4) is 0 Å². The van der Waals surface area contributed by atoms with E-state index in [1.165, 1.54) is 15.7 Å². The minimum absolute atomic E-state index is 0. The molecule has 1 saturated heterocycles. The molecule has 1 aliphatic carbocycles. The quantitative estimate of drug-likeness (QED) is 0.518. The van der Waals surface area contributed by atoms with Gasteiger partial charge in [0.2, 0.25) is 5.91 Å². The van der Waals surface area contributed by atoms with Gasteiger partial charge in [0.1, 0.15) is 5.82 Å². The van der Waals surface area contributed by atoms with E-state index in [9.17, 15) is 14.4 Å². The molecule has 0 atom stereocenters. The minimum Gasteiger partial charge on any atom is -0.338 e. The molecule has 39 heavy (non-hydrogen) atoms. The highest BCUT2D eigenvalue weighted by Crippen LogP contribution is 2.31. The number of hydrogen-bond donors (Lipinski definition) is 3. The Morgan fingerprint density at radius 2 is 1.62 bits per heavy atom. The van der Waals surface area contributed by atoms with Crippen LogP contribution in [0.4, 0.5) is 10.6 Å². The molecule has 2 fully saturated rings. The molecule has 5 rings (SSSR count). The summed E-state index contributed by atoms with van der Waals surface area (Å²) in [6.45, 7) is 6.73. The maximum absolute atomic E-state index is 12.9. The van der Waals surface area contributed by atoms with Crippen LogP contribution < -0.4 is 22.5 Å². The number of halogens is 1. The largest absolute Gasteiger partial charge is 0.354 e. The summed E-state index contributed by atoms with van der Waals surface area (Å²) >= 11 is 0. The molecule has 5 N–H and O–H groups in total. The zero-order chi connectivity index (χ0) is 27.0. The van der Waals surface area contributed by atoms with Crippen molar-refractivity contribution in [3.05, 3.63) is 52.1 Å².